The lowest BCUT2D eigenvalue weighted by molar-refractivity contribution is -0.121. The fourth-order valence-corrected chi connectivity index (χ4v) is 2.70. The number of aromatic nitrogens is 2. The van der Waals surface area contributed by atoms with Crippen molar-refractivity contribution in [1.29, 1.82) is 0 Å². The molecule has 0 aliphatic heterocycles. The van der Waals surface area contributed by atoms with Crippen molar-refractivity contribution in [2.24, 2.45) is 12.0 Å². The zero-order valence-corrected chi connectivity index (χ0v) is 16.8. The van der Waals surface area contributed by atoms with Crippen molar-refractivity contribution < 1.29 is 4.79 Å². The molecule has 0 aromatic carbocycles. The second-order valence-corrected chi connectivity index (χ2v) is 7.05. The van der Waals surface area contributed by atoms with Gasteiger partial charge in [-0.15, -0.1) is 0 Å². The summed E-state index contributed by atoms with van der Waals surface area (Å²) in [6, 6.07) is 0. The molecule has 3 N–H and O–H groups in total. The highest BCUT2D eigenvalue weighted by Gasteiger charge is 2.15. The highest BCUT2D eigenvalue weighted by Crippen LogP contribution is 2.16. The molecule has 0 fully saturated rings. The van der Waals surface area contributed by atoms with Crippen molar-refractivity contribution >= 4 is 11.9 Å². The van der Waals surface area contributed by atoms with E-state index in [-0.39, 0.29) is 18.0 Å². The van der Waals surface area contributed by atoms with Gasteiger partial charge < -0.3 is 16.0 Å². The Balaban J connectivity index is 2.81. The van der Waals surface area contributed by atoms with Crippen LogP contribution in [0.1, 0.15) is 58.5 Å². The smallest absolute Gasteiger partial charge is 0.239 e. The molecule has 0 unspecified atom stereocenters. The molecule has 7 heteroatoms. The lowest BCUT2D eigenvalue weighted by Crippen LogP contribution is -2.48. The number of amides is 1. The van der Waals surface area contributed by atoms with Gasteiger partial charge in [0.1, 0.15) is 0 Å². The number of nitrogens with zero attached hydrogens (tertiary/aromatic N) is 3. The molecule has 0 radical (unpaired) electrons. The van der Waals surface area contributed by atoms with E-state index in [1.165, 1.54) is 11.3 Å². The first kappa shape index (κ1) is 21.0. The Bertz CT molecular complexity index is 597. The first-order valence-electron chi connectivity index (χ1n) is 9.08. The Hall–Kier alpha value is -2.05. The predicted octanol–water partition coefficient (Wildman–Crippen LogP) is 1.51. The van der Waals surface area contributed by atoms with Gasteiger partial charge in [0, 0.05) is 30.4 Å². The molecule has 1 aromatic heterocycles. The van der Waals surface area contributed by atoms with E-state index in [1.54, 1.807) is 0 Å². The van der Waals surface area contributed by atoms with Crippen LogP contribution in [0.3, 0.4) is 0 Å². The summed E-state index contributed by atoms with van der Waals surface area (Å²) in [4.78, 5) is 16.6. The topological polar surface area (TPSA) is 83.3 Å². The van der Waals surface area contributed by atoms with Crippen LogP contribution >= 0.6 is 0 Å². The Labute approximate surface area is 151 Å². The van der Waals surface area contributed by atoms with Crippen molar-refractivity contribution in [1.82, 2.24) is 25.7 Å². The minimum atomic E-state index is -0.240. The third-order valence-electron chi connectivity index (χ3n) is 3.70. The van der Waals surface area contributed by atoms with Crippen LogP contribution in [0.25, 0.3) is 0 Å². The van der Waals surface area contributed by atoms with Crippen LogP contribution in [0.4, 0.5) is 0 Å². The minimum Gasteiger partial charge on any atom is -0.357 e. The van der Waals surface area contributed by atoms with Gasteiger partial charge in [0.15, 0.2) is 5.96 Å². The van der Waals surface area contributed by atoms with Crippen molar-refractivity contribution in [3.8, 4) is 0 Å². The maximum atomic E-state index is 12.0. The number of rotatable bonds is 7. The molecule has 25 heavy (non-hydrogen) atoms. The highest BCUT2D eigenvalue weighted by atomic mass is 16.2. The molecule has 0 spiro atoms. The van der Waals surface area contributed by atoms with Crippen LogP contribution in [0.2, 0.25) is 0 Å². The summed E-state index contributed by atoms with van der Waals surface area (Å²) >= 11 is 0. The van der Waals surface area contributed by atoms with Crippen LogP contribution in [-0.4, -0.2) is 40.3 Å². The average Bonchev–Trinajstić information content (AvgIpc) is 2.83. The summed E-state index contributed by atoms with van der Waals surface area (Å²) in [6.07, 6.45) is 1.81. The number of carbonyl (C=O) groups excluding carboxylic acids is 1. The Kier molecular flexibility index (Phi) is 7.93. The van der Waals surface area contributed by atoms with E-state index in [9.17, 15) is 4.79 Å². The molecule has 1 rings (SSSR count). The molecule has 142 valence electrons. The van der Waals surface area contributed by atoms with Gasteiger partial charge in [-0.3, -0.25) is 9.48 Å². The van der Waals surface area contributed by atoms with E-state index < -0.39 is 0 Å². The molecule has 7 nitrogen and oxygen atoms in total. The van der Waals surface area contributed by atoms with E-state index >= 15 is 0 Å². The van der Waals surface area contributed by atoms with Gasteiger partial charge >= 0.3 is 0 Å². The van der Waals surface area contributed by atoms with Gasteiger partial charge in [-0.05, 0) is 40.5 Å². The molecule has 0 bridgehead atoms. The standard InChI is InChI=1S/C18H34N6O/c1-8-14-13(15(9-2)24(7)23-14)11-20-17(19-10-3)21-12-16(25)22-18(4,5)6/h8-12H2,1-7H3,(H,22,25)(H2,19,20,21). The molecule has 0 atom stereocenters. The number of hydrogen-bond donors (Lipinski definition) is 3. The summed E-state index contributed by atoms with van der Waals surface area (Å²) in [5.74, 6) is 0.586. The summed E-state index contributed by atoms with van der Waals surface area (Å²) in [5.41, 5.74) is 3.24. The average molecular weight is 351 g/mol. The quantitative estimate of drug-likeness (QED) is 0.514. The number of guanidine groups is 1. The van der Waals surface area contributed by atoms with Crippen LogP contribution in [0.15, 0.2) is 4.99 Å². The fourth-order valence-electron chi connectivity index (χ4n) is 2.70. The number of carbonyl (C=O) groups is 1. The highest BCUT2D eigenvalue weighted by molar-refractivity contribution is 5.86. The second kappa shape index (κ2) is 9.44. The van der Waals surface area contributed by atoms with E-state index in [1.807, 2.05) is 39.4 Å². The molecular formula is C18H34N6O. The number of hydrogen-bond acceptors (Lipinski definition) is 3. The molecule has 0 saturated carbocycles. The maximum absolute atomic E-state index is 12.0. The molecule has 1 heterocycles. The minimum absolute atomic E-state index is 0.0528. The van der Waals surface area contributed by atoms with Crippen LogP contribution < -0.4 is 16.0 Å². The molecule has 0 aliphatic carbocycles. The van der Waals surface area contributed by atoms with Crippen LogP contribution in [0, 0.1) is 0 Å². The predicted molar refractivity (Wildman–Crippen MR) is 103 cm³/mol. The van der Waals surface area contributed by atoms with Crippen molar-refractivity contribution in [2.75, 3.05) is 13.1 Å². The third-order valence-corrected chi connectivity index (χ3v) is 3.70. The number of aliphatic imine (C=N–C) groups is 1. The normalized spacial score (nSPS) is 12.2. The first-order valence-corrected chi connectivity index (χ1v) is 9.08. The molecule has 0 saturated heterocycles. The molecule has 0 aliphatic rings. The SMILES string of the molecule is CCNC(=NCc1c(CC)nn(C)c1CC)NCC(=O)NC(C)(C)C. The third kappa shape index (κ3) is 6.76. The molecule has 1 aromatic rings. The lowest BCUT2D eigenvalue weighted by Gasteiger charge is -2.21. The maximum Gasteiger partial charge on any atom is 0.239 e. The molecular weight excluding hydrogens is 316 g/mol. The van der Waals surface area contributed by atoms with Gasteiger partial charge in [-0.1, -0.05) is 13.8 Å². The Morgan fingerprint density at radius 1 is 1.16 bits per heavy atom. The molecule has 1 amide bonds. The zero-order valence-electron chi connectivity index (χ0n) is 16.8. The fraction of sp³-hybridized carbons (Fsp3) is 0.722. The summed E-state index contributed by atoms with van der Waals surface area (Å²) < 4.78 is 1.95. The van der Waals surface area contributed by atoms with Gasteiger partial charge in [0.05, 0.1) is 18.8 Å². The zero-order chi connectivity index (χ0) is 19.0. The van der Waals surface area contributed by atoms with E-state index in [0.29, 0.717) is 12.5 Å². The first-order chi connectivity index (χ1) is 11.7. The van der Waals surface area contributed by atoms with Gasteiger partial charge in [-0.2, -0.15) is 5.10 Å². The Morgan fingerprint density at radius 2 is 1.84 bits per heavy atom. The monoisotopic (exact) mass is 350 g/mol. The largest absolute Gasteiger partial charge is 0.357 e. The van der Waals surface area contributed by atoms with Gasteiger partial charge in [-0.25, -0.2) is 4.99 Å². The summed E-state index contributed by atoms with van der Waals surface area (Å²) in [6.45, 7) is 13.6. The summed E-state index contributed by atoms with van der Waals surface area (Å²) in [7, 11) is 1.98. The van der Waals surface area contributed by atoms with Crippen LogP contribution in [0.5, 0.6) is 0 Å². The van der Waals surface area contributed by atoms with Gasteiger partial charge in [0.2, 0.25) is 5.91 Å². The lowest BCUT2D eigenvalue weighted by atomic mass is 10.1. The number of nitrogens with one attached hydrogen (secondary N) is 3. The summed E-state index contributed by atoms with van der Waals surface area (Å²) in [5, 5.41) is 13.8. The van der Waals surface area contributed by atoms with E-state index in [4.69, 9.17) is 0 Å². The second-order valence-electron chi connectivity index (χ2n) is 7.05. The Morgan fingerprint density at radius 3 is 2.36 bits per heavy atom. The van der Waals surface area contributed by atoms with Gasteiger partial charge in [0.25, 0.3) is 0 Å². The van der Waals surface area contributed by atoms with Crippen molar-refractivity contribution in [3.05, 3.63) is 17.0 Å². The van der Waals surface area contributed by atoms with Crippen LogP contribution in [-0.2, 0) is 31.2 Å². The van der Waals surface area contributed by atoms with E-state index in [0.717, 1.165) is 25.1 Å². The van der Waals surface area contributed by atoms with Crippen molar-refractivity contribution in [2.45, 2.75) is 66.5 Å². The number of aryl methyl sites for hydroxylation is 2. The van der Waals surface area contributed by atoms with Crippen molar-refractivity contribution in [3.63, 3.8) is 0 Å². The van der Waals surface area contributed by atoms with E-state index in [2.05, 4.69) is 39.9 Å².